The number of hydrogen-bond acceptors (Lipinski definition) is 1. The van der Waals surface area contributed by atoms with Crippen molar-refractivity contribution in [1.82, 2.24) is 10.6 Å². The number of hydrogen-bond donors (Lipinski definition) is 2. The molecule has 106 valence electrons. The van der Waals surface area contributed by atoms with Gasteiger partial charge in [-0.05, 0) is 40.5 Å². The summed E-state index contributed by atoms with van der Waals surface area (Å²) in [5, 5.41) is 6.19. The Balaban J connectivity index is 0.00000324. The average molecular weight is 442 g/mol. The van der Waals surface area contributed by atoms with Crippen molar-refractivity contribution in [1.29, 1.82) is 0 Å². The van der Waals surface area contributed by atoms with Crippen molar-refractivity contribution in [2.45, 2.75) is 13.5 Å². The summed E-state index contributed by atoms with van der Waals surface area (Å²) in [6, 6.07) is 5.00. The van der Waals surface area contributed by atoms with Crippen LogP contribution in [0.3, 0.4) is 0 Å². The van der Waals surface area contributed by atoms with Gasteiger partial charge in [-0.25, -0.2) is 9.38 Å². The fourth-order valence-electron chi connectivity index (χ4n) is 1.32. The van der Waals surface area contributed by atoms with Gasteiger partial charge in [-0.1, -0.05) is 12.1 Å². The van der Waals surface area contributed by atoms with Gasteiger partial charge in [0.05, 0.1) is 11.0 Å². The Bertz CT molecular complexity index is 438. The van der Waals surface area contributed by atoms with E-state index >= 15 is 0 Å². The summed E-state index contributed by atoms with van der Waals surface area (Å²) in [4.78, 5) is 4.36. The molecule has 19 heavy (non-hydrogen) atoms. The smallest absolute Gasteiger partial charge is 0.191 e. The number of benzene rings is 1. The van der Waals surface area contributed by atoms with Crippen molar-refractivity contribution in [3.05, 3.63) is 46.7 Å². The molecule has 0 fully saturated rings. The van der Waals surface area contributed by atoms with Crippen LogP contribution in [-0.2, 0) is 6.54 Å². The van der Waals surface area contributed by atoms with E-state index in [1.807, 2.05) is 13.0 Å². The second kappa shape index (κ2) is 10.2. The van der Waals surface area contributed by atoms with Crippen LogP contribution in [0.4, 0.5) is 4.39 Å². The number of halogens is 3. The van der Waals surface area contributed by atoms with Crippen LogP contribution in [0.1, 0.15) is 12.5 Å². The molecule has 0 saturated carbocycles. The Labute approximate surface area is 138 Å². The Morgan fingerprint density at radius 2 is 2.21 bits per heavy atom. The van der Waals surface area contributed by atoms with Crippen molar-refractivity contribution >= 4 is 45.9 Å². The first-order valence-electron chi connectivity index (χ1n) is 5.74. The van der Waals surface area contributed by atoms with Crippen molar-refractivity contribution < 1.29 is 4.39 Å². The van der Waals surface area contributed by atoms with E-state index in [1.165, 1.54) is 6.07 Å². The van der Waals surface area contributed by atoms with Gasteiger partial charge in [0.25, 0.3) is 0 Å². The van der Waals surface area contributed by atoms with Crippen molar-refractivity contribution in [3.63, 3.8) is 0 Å². The van der Waals surface area contributed by atoms with Gasteiger partial charge in [0.1, 0.15) is 5.82 Å². The van der Waals surface area contributed by atoms with E-state index in [-0.39, 0.29) is 29.8 Å². The van der Waals surface area contributed by atoms with E-state index in [9.17, 15) is 4.39 Å². The minimum absolute atomic E-state index is 0. The number of aliphatic imine (C=N–C) groups is 1. The zero-order valence-electron chi connectivity index (χ0n) is 10.7. The first kappa shape index (κ1) is 18.4. The molecular weight excluding hydrogens is 424 g/mol. The highest BCUT2D eigenvalue weighted by atomic mass is 127. The maximum atomic E-state index is 13.3. The summed E-state index contributed by atoms with van der Waals surface area (Å²) in [6.07, 6.45) is 1.76. The van der Waals surface area contributed by atoms with Crippen LogP contribution in [0.2, 0.25) is 0 Å². The maximum absolute atomic E-state index is 13.3. The lowest BCUT2D eigenvalue weighted by molar-refractivity contribution is 0.618. The lowest BCUT2D eigenvalue weighted by atomic mass is 10.2. The molecule has 0 aliphatic heterocycles. The second-order valence-corrected chi connectivity index (χ2v) is 4.47. The third-order valence-electron chi connectivity index (χ3n) is 2.16. The minimum atomic E-state index is -0.272. The molecule has 0 aliphatic rings. The fourth-order valence-corrected chi connectivity index (χ4v) is 1.57. The first-order valence-corrected chi connectivity index (χ1v) is 6.53. The third kappa shape index (κ3) is 6.91. The van der Waals surface area contributed by atoms with Gasteiger partial charge < -0.3 is 10.6 Å². The topological polar surface area (TPSA) is 36.4 Å². The summed E-state index contributed by atoms with van der Waals surface area (Å²) in [5.41, 5.74) is 0.825. The zero-order chi connectivity index (χ0) is 13.4. The predicted molar refractivity (Wildman–Crippen MR) is 92.5 cm³/mol. The molecule has 1 rings (SSSR count). The van der Waals surface area contributed by atoms with Crippen LogP contribution in [0, 0.1) is 5.82 Å². The van der Waals surface area contributed by atoms with Crippen molar-refractivity contribution in [3.8, 4) is 0 Å². The minimum Gasteiger partial charge on any atom is -0.357 e. The lowest BCUT2D eigenvalue weighted by Gasteiger charge is -2.09. The molecule has 0 atom stereocenters. The van der Waals surface area contributed by atoms with Gasteiger partial charge >= 0.3 is 0 Å². The van der Waals surface area contributed by atoms with Gasteiger partial charge in [0.2, 0.25) is 0 Å². The van der Waals surface area contributed by atoms with E-state index in [2.05, 4.69) is 38.1 Å². The zero-order valence-corrected chi connectivity index (χ0v) is 14.7. The molecule has 0 aromatic heterocycles. The maximum Gasteiger partial charge on any atom is 0.191 e. The molecule has 0 heterocycles. The number of guanidine groups is 1. The van der Waals surface area contributed by atoms with E-state index in [0.717, 1.165) is 12.1 Å². The third-order valence-corrected chi connectivity index (χ3v) is 2.80. The van der Waals surface area contributed by atoms with Crippen LogP contribution in [0.15, 0.2) is 40.3 Å². The molecule has 0 unspecified atom stereocenters. The Morgan fingerprint density at radius 1 is 1.47 bits per heavy atom. The molecule has 0 spiro atoms. The summed E-state index contributed by atoms with van der Waals surface area (Å²) in [6.45, 7) is 7.46. The quantitative estimate of drug-likeness (QED) is 0.318. The van der Waals surface area contributed by atoms with E-state index < -0.39 is 0 Å². The standard InChI is InChI=1S/C13H17BrFN3.HI/c1-3-7-17-13(16-4-2)18-9-10-5-6-11(14)12(15)8-10;/h3,5-6,8H,1,4,7,9H2,2H3,(H2,16,17,18);1H. The normalized spacial score (nSPS) is 10.6. The molecular formula is C13H18BrFIN3. The first-order chi connectivity index (χ1) is 8.67. The molecule has 2 N–H and O–H groups in total. The van der Waals surface area contributed by atoms with Crippen molar-refractivity contribution in [2.75, 3.05) is 13.1 Å². The van der Waals surface area contributed by atoms with Gasteiger partial charge in [-0.3, -0.25) is 0 Å². The lowest BCUT2D eigenvalue weighted by Crippen LogP contribution is -2.37. The van der Waals surface area contributed by atoms with Gasteiger partial charge in [0, 0.05) is 13.1 Å². The summed E-state index contributed by atoms with van der Waals surface area (Å²) in [7, 11) is 0. The van der Waals surface area contributed by atoms with Gasteiger partial charge in [-0.2, -0.15) is 0 Å². The molecule has 1 aromatic rings. The largest absolute Gasteiger partial charge is 0.357 e. The highest BCUT2D eigenvalue weighted by molar-refractivity contribution is 14.0. The van der Waals surface area contributed by atoms with E-state index in [0.29, 0.717) is 23.5 Å². The average Bonchev–Trinajstić information content (AvgIpc) is 2.37. The van der Waals surface area contributed by atoms with Gasteiger partial charge in [-0.15, -0.1) is 30.6 Å². The summed E-state index contributed by atoms with van der Waals surface area (Å²) >= 11 is 3.12. The number of nitrogens with zero attached hydrogens (tertiary/aromatic N) is 1. The molecule has 3 nitrogen and oxygen atoms in total. The van der Waals surface area contributed by atoms with Crippen LogP contribution >= 0.6 is 39.9 Å². The summed E-state index contributed by atoms with van der Waals surface area (Å²) in [5.74, 6) is 0.424. The highest BCUT2D eigenvalue weighted by Gasteiger charge is 2.01. The molecule has 0 saturated heterocycles. The van der Waals surface area contributed by atoms with Crippen molar-refractivity contribution in [2.24, 2.45) is 4.99 Å². The Kier molecular flexibility index (Phi) is 9.85. The summed E-state index contributed by atoms with van der Waals surface area (Å²) < 4.78 is 13.8. The monoisotopic (exact) mass is 441 g/mol. The molecule has 0 aliphatic carbocycles. The van der Waals surface area contributed by atoms with Crippen LogP contribution in [0.25, 0.3) is 0 Å². The Hall–Kier alpha value is -0.630. The molecule has 0 bridgehead atoms. The fraction of sp³-hybridized carbons (Fsp3) is 0.308. The molecule has 0 amide bonds. The van der Waals surface area contributed by atoms with Gasteiger partial charge in [0.15, 0.2) is 5.96 Å². The SMILES string of the molecule is C=CCNC(=NCc1ccc(Br)c(F)c1)NCC.I. The molecule has 6 heteroatoms. The van der Waals surface area contributed by atoms with Crippen LogP contribution in [-0.4, -0.2) is 19.0 Å². The number of rotatable bonds is 5. The van der Waals surface area contributed by atoms with Crippen LogP contribution < -0.4 is 10.6 Å². The predicted octanol–water partition coefficient (Wildman–Crippen LogP) is 3.45. The highest BCUT2D eigenvalue weighted by Crippen LogP contribution is 2.16. The van der Waals surface area contributed by atoms with Crippen LogP contribution in [0.5, 0.6) is 0 Å². The second-order valence-electron chi connectivity index (χ2n) is 3.61. The molecule has 0 radical (unpaired) electrons. The van der Waals surface area contributed by atoms with E-state index in [4.69, 9.17) is 0 Å². The number of nitrogens with one attached hydrogen (secondary N) is 2. The molecule has 1 aromatic carbocycles. The Morgan fingerprint density at radius 3 is 2.79 bits per heavy atom. The van der Waals surface area contributed by atoms with E-state index in [1.54, 1.807) is 12.1 Å².